The lowest BCUT2D eigenvalue weighted by Crippen LogP contribution is -2.04. The first-order chi connectivity index (χ1) is 9.40. The zero-order valence-electron chi connectivity index (χ0n) is 9.94. The number of hydrogen-bond acceptors (Lipinski definition) is 0. The third-order valence-electron chi connectivity index (χ3n) is 2.82. The standard InChI is InChI=1S/C14H8Cl2F4/c15-9(4-8-11(17)2-1-3-12(8)18)7-5-14(20)10(16)6-13(7)19/h1-3,5-6,9H,4H2. The third-order valence-corrected chi connectivity index (χ3v) is 3.50. The average molecular weight is 323 g/mol. The molecular weight excluding hydrogens is 315 g/mol. The lowest BCUT2D eigenvalue weighted by molar-refractivity contribution is 0.546. The molecule has 0 amide bonds. The fourth-order valence-electron chi connectivity index (χ4n) is 1.79. The van der Waals surface area contributed by atoms with Gasteiger partial charge < -0.3 is 0 Å². The van der Waals surface area contributed by atoms with Gasteiger partial charge >= 0.3 is 0 Å². The Kier molecular flexibility index (Phi) is 4.55. The van der Waals surface area contributed by atoms with E-state index in [-0.39, 0.29) is 22.6 Å². The minimum atomic E-state index is -1.12. The van der Waals surface area contributed by atoms with Gasteiger partial charge in [0.25, 0.3) is 0 Å². The van der Waals surface area contributed by atoms with E-state index >= 15 is 0 Å². The summed E-state index contributed by atoms with van der Waals surface area (Å²) in [5.74, 6) is -3.24. The Balaban J connectivity index is 2.33. The summed E-state index contributed by atoms with van der Waals surface area (Å²) in [6, 6.07) is 4.95. The van der Waals surface area contributed by atoms with Crippen molar-refractivity contribution in [1.29, 1.82) is 0 Å². The van der Waals surface area contributed by atoms with E-state index in [1.165, 1.54) is 6.07 Å². The fourth-order valence-corrected chi connectivity index (χ4v) is 2.27. The highest BCUT2D eigenvalue weighted by Gasteiger charge is 2.20. The predicted molar refractivity (Wildman–Crippen MR) is 70.0 cm³/mol. The highest BCUT2D eigenvalue weighted by Crippen LogP contribution is 2.31. The zero-order chi connectivity index (χ0) is 14.9. The van der Waals surface area contributed by atoms with Gasteiger partial charge in [0.05, 0.1) is 10.4 Å². The largest absolute Gasteiger partial charge is 0.207 e. The Labute approximate surface area is 122 Å². The summed E-state index contributed by atoms with van der Waals surface area (Å²) in [5.41, 5.74) is -0.474. The second-order valence-electron chi connectivity index (χ2n) is 4.16. The molecule has 0 aliphatic heterocycles. The lowest BCUT2D eigenvalue weighted by Gasteiger charge is -2.13. The second-order valence-corrected chi connectivity index (χ2v) is 5.09. The van der Waals surface area contributed by atoms with Crippen LogP contribution in [0.15, 0.2) is 30.3 Å². The van der Waals surface area contributed by atoms with Crippen LogP contribution in [0.25, 0.3) is 0 Å². The van der Waals surface area contributed by atoms with Crippen LogP contribution < -0.4 is 0 Å². The van der Waals surface area contributed by atoms with Crippen molar-refractivity contribution < 1.29 is 17.6 Å². The van der Waals surface area contributed by atoms with E-state index in [1.807, 2.05) is 0 Å². The highest BCUT2D eigenvalue weighted by molar-refractivity contribution is 6.30. The van der Waals surface area contributed by atoms with Crippen LogP contribution in [0, 0.1) is 23.3 Å². The van der Waals surface area contributed by atoms with E-state index in [0.29, 0.717) is 0 Å². The Bertz CT molecular complexity index is 623. The van der Waals surface area contributed by atoms with Crippen molar-refractivity contribution in [2.75, 3.05) is 0 Å². The van der Waals surface area contributed by atoms with Crippen molar-refractivity contribution >= 4 is 23.2 Å². The van der Waals surface area contributed by atoms with Crippen LogP contribution in [-0.4, -0.2) is 0 Å². The molecule has 0 aliphatic carbocycles. The van der Waals surface area contributed by atoms with Gasteiger partial charge in [-0.25, -0.2) is 17.6 Å². The van der Waals surface area contributed by atoms with Gasteiger partial charge in [-0.05, 0) is 30.7 Å². The smallest absolute Gasteiger partial charge is 0.142 e. The van der Waals surface area contributed by atoms with Gasteiger partial charge in [-0.1, -0.05) is 17.7 Å². The topological polar surface area (TPSA) is 0 Å². The Morgan fingerprint density at radius 2 is 1.50 bits per heavy atom. The minimum Gasteiger partial charge on any atom is -0.207 e. The van der Waals surface area contributed by atoms with Gasteiger partial charge in [-0.15, -0.1) is 11.6 Å². The molecule has 0 saturated carbocycles. The molecule has 0 radical (unpaired) electrons. The summed E-state index contributed by atoms with van der Waals surface area (Å²) in [5, 5.41) is -1.50. The summed E-state index contributed by atoms with van der Waals surface area (Å²) in [7, 11) is 0. The van der Waals surface area contributed by atoms with Gasteiger partial charge in [0.1, 0.15) is 23.3 Å². The van der Waals surface area contributed by atoms with Gasteiger partial charge in [-0.3, -0.25) is 0 Å². The van der Waals surface area contributed by atoms with Crippen LogP contribution in [0.3, 0.4) is 0 Å². The maximum Gasteiger partial charge on any atom is 0.142 e. The fraction of sp³-hybridized carbons (Fsp3) is 0.143. The van der Waals surface area contributed by atoms with Crippen molar-refractivity contribution in [3.05, 3.63) is 69.8 Å². The van der Waals surface area contributed by atoms with Crippen LogP contribution in [0.4, 0.5) is 17.6 Å². The van der Waals surface area contributed by atoms with Gasteiger partial charge in [0.2, 0.25) is 0 Å². The first-order valence-corrected chi connectivity index (χ1v) is 6.43. The van der Waals surface area contributed by atoms with E-state index in [0.717, 1.165) is 24.3 Å². The molecule has 0 saturated heterocycles. The molecule has 0 spiro atoms. The summed E-state index contributed by atoms with van der Waals surface area (Å²) in [6.07, 6.45) is -0.307. The van der Waals surface area contributed by atoms with Crippen molar-refractivity contribution in [2.45, 2.75) is 11.8 Å². The maximum atomic E-state index is 13.7. The molecule has 0 N–H and O–H groups in total. The predicted octanol–water partition coefficient (Wildman–Crippen LogP) is 5.42. The molecule has 0 aromatic heterocycles. The molecule has 0 bridgehead atoms. The van der Waals surface area contributed by atoms with E-state index in [4.69, 9.17) is 23.2 Å². The van der Waals surface area contributed by atoms with E-state index in [1.54, 1.807) is 0 Å². The molecule has 0 aliphatic rings. The molecule has 2 rings (SSSR count). The quantitative estimate of drug-likeness (QED) is 0.402. The minimum absolute atomic E-state index is 0.198. The molecule has 106 valence electrons. The molecule has 0 nitrogen and oxygen atoms in total. The SMILES string of the molecule is Fc1cc(C(Cl)Cc2c(F)cccc2F)c(F)cc1Cl. The van der Waals surface area contributed by atoms with Crippen LogP contribution in [-0.2, 0) is 6.42 Å². The summed E-state index contributed by atoms with van der Waals surface area (Å²) in [6.45, 7) is 0. The van der Waals surface area contributed by atoms with Crippen molar-refractivity contribution in [3.8, 4) is 0 Å². The highest BCUT2D eigenvalue weighted by atomic mass is 35.5. The third kappa shape index (κ3) is 3.07. The first kappa shape index (κ1) is 15.1. The van der Waals surface area contributed by atoms with Crippen molar-refractivity contribution in [1.82, 2.24) is 0 Å². The van der Waals surface area contributed by atoms with Gasteiger partial charge in [0, 0.05) is 11.1 Å². The molecule has 0 fully saturated rings. The lowest BCUT2D eigenvalue weighted by atomic mass is 10.0. The zero-order valence-corrected chi connectivity index (χ0v) is 11.5. The number of rotatable bonds is 3. The number of halogens is 6. The van der Waals surface area contributed by atoms with Crippen LogP contribution >= 0.6 is 23.2 Å². The maximum absolute atomic E-state index is 13.7. The molecule has 2 aromatic rings. The summed E-state index contributed by atoms with van der Waals surface area (Å²) in [4.78, 5) is 0. The number of benzene rings is 2. The second kappa shape index (κ2) is 6.02. The van der Waals surface area contributed by atoms with Crippen molar-refractivity contribution in [3.63, 3.8) is 0 Å². The molecule has 20 heavy (non-hydrogen) atoms. The van der Waals surface area contributed by atoms with Gasteiger partial charge in [-0.2, -0.15) is 0 Å². The Morgan fingerprint density at radius 3 is 2.10 bits per heavy atom. The summed E-state index contributed by atoms with van der Waals surface area (Å²) >= 11 is 11.4. The number of hydrogen-bond donors (Lipinski definition) is 0. The normalized spacial score (nSPS) is 12.5. The van der Waals surface area contributed by atoms with E-state index < -0.39 is 28.6 Å². The molecular formula is C14H8Cl2F4. The molecule has 0 heterocycles. The number of alkyl halides is 1. The van der Waals surface area contributed by atoms with Crippen LogP contribution in [0.5, 0.6) is 0 Å². The molecule has 1 unspecified atom stereocenters. The summed E-state index contributed by atoms with van der Waals surface area (Å²) < 4.78 is 53.9. The molecule has 1 atom stereocenters. The van der Waals surface area contributed by atoms with Gasteiger partial charge in [0.15, 0.2) is 0 Å². The average Bonchev–Trinajstić information content (AvgIpc) is 2.38. The monoisotopic (exact) mass is 322 g/mol. The Morgan fingerprint density at radius 1 is 0.900 bits per heavy atom. The molecule has 6 heteroatoms. The van der Waals surface area contributed by atoms with E-state index in [2.05, 4.69) is 0 Å². The molecule has 2 aromatic carbocycles. The first-order valence-electron chi connectivity index (χ1n) is 5.61. The van der Waals surface area contributed by atoms with E-state index in [9.17, 15) is 17.6 Å². The Hall–Kier alpha value is -1.26. The van der Waals surface area contributed by atoms with Crippen LogP contribution in [0.2, 0.25) is 5.02 Å². The van der Waals surface area contributed by atoms with Crippen molar-refractivity contribution in [2.24, 2.45) is 0 Å². The van der Waals surface area contributed by atoms with Crippen LogP contribution in [0.1, 0.15) is 16.5 Å².